The highest BCUT2D eigenvalue weighted by Crippen LogP contribution is 2.44. The number of carbonyl (C=O) groups is 3. The molecule has 0 bridgehead atoms. The highest BCUT2D eigenvalue weighted by molar-refractivity contribution is 5.84. The molecule has 1 fully saturated rings. The Hall–Kier alpha value is -3.61. The number of fused-ring (bicyclic) bond motifs is 3. The van der Waals surface area contributed by atoms with Gasteiger partial charge in [-0.1, -0.05) is 61.2 Å². The Balaban J connectivity index is 1.41. The Kier molecular flexibility index (Phi) is 6.02. The first-order chi connectivity index (χ1) is 15.1. The minimum absolute atomic E-state index is 0.0131. The Labute approximate surface area is 180 Å². The normalized spacial score (nSPS) is 17.0. The average molecular weight is 421 g/mol. The highest BCUT2D eigenvalue weighted by atomic mass is 16.6. The summed E-state index contributed by atoms with van der Waals surface area (Å²) < 4.78 is 15.5. The van der Waals surface area contributed by atoms with Gasteiger partial charge in [0.25, 0.3) is 0 Å². The van der Waals surface area contributed by atoms with Crippen molar-refractivity contribution in [2.75, 3.05) is 19.9 Å². The van der Waals surface area contributed by atoms with E-state index in [2.05, 4.69) is 18.7 Å². The largest absolute Gasteiger partial charge is 0.461 e. The fourth-order valence-corrected chi connectivity index (χ4v) is 4.06. The second-order valence-corrected chi connectivity index (χ2v) is 7.39. The Morgan fingerprint density at radius 1 is 1.06 bits per heavy atom. The molecule has 160 valence electrons. The monoisotopic (exact) mass is 421 g/mol. The number of esters is 2. The summed E-state index contributed by atoms with van der Waals surface area (Å²) in [5.41, 5.74) is 4.48. The summed E-state index contributed by atoms with van der Waals surface area (Å²) in [7, 11) is 0. The van der Waals surface area contributed by atoms with E-state index in [-0.39, 0.29) is 38.7 Å². The van der Waals surface area contributed by atoms with Crippen molar-refractivity contribution in [1.82, 2.24) is 4.90 Å². The molecule has 1 heterocycles. The number of rotatable bonds is 7. The van der Waals surface area contributed by atoms with Gasteiger partial charge in [0.15, 0.2) is 6.73 Å². The summed E-state index contributed by atoms with van der Waals surface area (Å²) in [6, 6.07) is 15.2. The van der Waals surface area contributed by atoms with Gasteiger partial charge in [0.1, 0.15) is 19.3 Å². The van der Waals surface area contributed by atoms with Crippen molar-refractivity contribution in [3.63, 3.8) is 0 Å². The smallest absolute Gasteiger partial charge is 0.413 e. The minimum Gasteiger partial charge on any atom is -0.461 e. The van der Waals surface area contributed by atoms with E-state index in [0.29, 0.717) is 0 Å². The number of amides is 1. The Bertz CT molecular complexity index is 971. The van der Waals surface area contributed by atoms with Gasteiger partial charge < -0.3 is 14.2 Å². The van der Waals surface area contributed by atoms with Crippen molar-refractivity contribution >= 4 is 18.0 Å². The summed E-state index contributed by atoms with van der Waals surface area (Å²) in [4.78, 5) is 37.7. The lowest BCUT2D eigenvalue weighted by Gasteiger charge is -2.21. The highest BCUT2D eigenvalue weighted by Gasteiger charge is 2.39. The van der Waals surface area contributed by atoms with E-state index >= 15 is 0 Å². The number of cyclic esters (lactones) is 1. The first-order valence-electron chi connectivity index (χ1n) is 10.1. The van der Waals surface area contributed by atoms with Crippen LogP contribution in [0.5, 0.6) is 0 Å². The number of hydrogen-bond acceptors (Lipinski definition) is 6. The van der Waals surface area contributed by atoms with Gasteiger partial charge in [0, 0.05) is 12.3 Å². The summed E-state index contributed by atoms with van der Waals surface area (Å²) in [5, 5.41) is 0. The van der Waals surface area contributed by atoms with E-state index < -0.39 is 24.1 Å². The van der Waals surface area contributed by atoms with Crippen LogP contribution in [0.1, 0.15) is 29.9 Å². The van der Waals surface area contributed by atoms with Crippen LogP contribution in [0.15, 0.2) is 61.2 Å². The van der Waals surface area contributed by atoms with Crippen LogP contribution < -0.4 is 0 Å². The van der Waals surface area contributed by atoms with Gasteiger partial charge >= 0.3 is 18.0 Å². The molecule has 31 heavy (non-hydrogen) atoms. The van der Waals surface area contributed by atoms with Gasteiger partial charge in [0.05, 0.1) is 0 Å². The SMILES string of the molecule is C=CCOC(=O)CC[C@H]1C(=O)OCN1C(=O)OCC1c2ccccc2-c2ccccc21. The zero-order chi connectivity index (χ0) is 21.8. The second kappa shape index (κ2) is 9.04. The van der Waals surface area contributed by atoms with Crippen molar-refractivity contribution in [1.29, 1.82) is 0 Å². The third-order valence-electron chi connectivity index (χ3n) is 5.55. The van der Waals surface area contributed by atoms with Gasteiger partial charge in [-0.3, -0.25) is 9.69 Å². The molecule has 1 aliphatic carbocycles. The maximum atomic E-state index is 12.7. The molecule has 1 amide bonds. The minimum atomic E-state index is -0.869. The van der Waals surface area contributed by atoms with Crippen molar-refractivity contribution in [3.8, 4) is 11.1 Å². The number of nitrogens with zero attached hydrogens (tertiary/aromatic N) is 1. The van der Waals surface area contributed by atoms with Gasteiger partial charge in [-0.05, 0) is 28.7 Å². The molecule has 4 rings (SSSR count). The molecule has 0 radical (unpaired) electrons. The fourth-order valence-electron chi connectivity index (χ4n) is 4.06. The molecule has 0 aromatic heterocycles. The molecule has 2 aromatic carbocycles. The van der Waals surface area contributed by atoms with Crippen molar-refractivity contribution < 1.29 is 28.6 Å². The predicted octanol–water partition coefficient (Wildman–Crippen LogP) is 3.63. The molecule has 1 atom stereocenters. The van der Waals surface area contributed by atoms with Crippen molar-refractivity contribution in [2.24, 2.45) is 0 Å². The zero-order valence-corrected chi connectivity index (χ0v) is 17.0. The third-order valence-corrected chi connectivity index (χ3v) is 5.55. The number of hydrogen-bond donors (Lipinski definition) is 0. The van der Waals surface area contributed by atoms with Gasteiger partial charge in [0.2, 0.25) is 0 Å². The second-order valence-electron chi connectivity index (χ2n) is 7.39. The quantitative estimate of drug-likeness (QED) is 0.386. The molecule has 7 heteroatoms. The number of benzene rings is 2. The standard InChI is InChI=1S/C24H23NO6/c1-2-13-29-22(26)12-11-21-23(27)31-15-25(21)24(28)30-14-20-18-9-5-3-7-16(18)17-8-4-6-10-19(17)20/h2-10,20-21H,1,11-15H2/t21-/m0/s1. The van der Waals surface area contributed by atoms with Crippen LogP contribution in [0.4, 0.5) is 4.79 Å². The van der Waals surface area contributed by atoms with E-state index in [9.17, 15) is 14.4 Å². The van der Waals surface area contributed by atoms with E-state index in [1.807, 2.05) is 36.4 Å². The number of carbonyl (C=O) groups excluding carboxylic acids is 3. The summed E-state index contributed by atoms with van der Waals surface area (Å²) in [6.45, 7) is 3.53. The van der Waals surface area contributed by atoms with E-state index in [1.165, 1.54) is 11.0 Å². The maximum Gasteiger partial charge on any atom is 0.413 e. The predicted molar refractivity (Wildman–Crippen MR) is 112 cm³/mol. The van der Waals surface area contributed by atoms with Gasteiger partial charge in [-0.25, -0.2) is 9.59 Å². The average Bonchev–Trinajstić information content (AvgIpc) is 3.32. The lowest BCUT2D eigenvalue weighted by molar-refractivity contribution is -0.143. The van der Waals surface area contributed by atoms with E-state index in [0.717, 1.165) is 22.3 Å². The third kappa shape index (κ3) is 4.17. The maximum absolute atomic E-state index is 12.7. The molecule has 0 N–H and O–H groups in total. The van der Waals surface area contributed by atoms with Crippen LogP contribution in [0, 0.1) is 0 Å². The molecule has 0 spiro atoms. The van der Waals surface area contributed by atoms with Crippen LogP contribution in [0.3, 0.4) is 0 Å². The van der Waals surface area contributed by atoms with Crippen molar-refractivity contribution in [2.45, 2.75) is 24.8 Å². The molecule has 0 unspecified atom stereocenters. The molecular formula is C24H23NO6. The number of ether oxygens (including phenoxy) is 3. The molecular weight excluding hydrogens is 398 g/mol. The van der Waals surface area contributed by atoms with Crippen LogP contribution in [-0.4, -0.2) is 48.9 Å². The summed E-state index contributed by atoms with van der Waals surface area (Å²) in [5.74, 6) is -1.10. The van der Waals surface area contributed by atoms with Crippen LogP contribution in [-0.2, 0) is 23.8 Å². The summed E-state index contributed by atoms with van der Waals surface area (Å²) >= 11 is 0. The first-order valence-corrected chi connectivity index (χ1v) is 10.1. The molecule has 2 aliphatic rings. The van der Waals surface area contributed by atoms with Gasteiger partial charge in [-0.2, -0.15) is 0 Å². The lowest BCUT2D eigenvalue weighted by Crippen LogP contribution is -2.39. The topological polar surface area (TPSA) is 82.1 Å². The fraction of sp³-hybridized carbons (Fsp3) is 0.292. The van der Waals surface area contributed by atoms with E-state index in [4.69, 9.17) is 14.2 Å². The Morgan fingerprint density at radius 3 is 2.35 bits per heavy atom. The molecule has 7 nitrogen and oxygen atoms in total. The van der Waals surface area contributed by atoms with E-state index in [1.54, 1.807) is 0 Å². The van der Waals surface area contributed by atoms with Crippen LogP contribution in [0.25, 0.3) is 11.1 Å². The molecule has 2 aromatic rings. The first kappa shape index (κ1) is 20.7. The lowest BCUT2D eigenvalue weighted by atomic mass is 9.98. The van der Waals surface area contributed by atoms with Crippen LogP contribution in [0.2, 0.25) is 0 Å². The molecule has 1 aliphatic heterocycles. The van der Waals surface area contributed by atoms with Crippen molar-refractivity contribution in [3.05, 3.63) is 72.3 Å². The zero-order valence-electron chi connectivity index (χ0n) is 17.0. The van der Waals surface area contributed by atoms with Crippen LogP contribution >= 0.6 is 0 Å². The molecule has 1 saturated heterocycles. The Morgan fingerprint density at radius 2 is 1.71 bits per heavy atom. The summed E-state index contributed by atoms with van der Waals surface area (Å²) in [6.07, 6.45) is 0.919. The van der Waals surface area contributed by atoms with Gasteiger partial charge in [-0.15, -0.1) is 0 Å². The molecule has 0 saturated carbocycles.